The van der Waals surface area contributed by atoms with Gasteiger partial charge in [-0.05, 0) is 87.0 Å². The molecule has 1 N–H and O–H groups in total. The molecular weight excluding hydrogens is 374 g/mol. The van der Waals surface area contributed by atoms with Gasteiger partial charge in [-0.25, -0.2) is 0 Å². The van der Waals surface area contributed by atoms with Crippen LogP contribution in [0.2, 0.25) is 0 Å². The third-order valence-electron chi connectivity index (χ3n) is 7.92. The Hall–Kier alpha value is -1.88. The van der Waals surface area contributed by atoms with Crippen LogP contribution in [0, 0.1) is 5.92 Å². The molecule has 2 saturated heterocycles. The first kappa shape index (κ1) is 21.4. The summed E-state index contributed by atoms with van der Waals surface area (Å²) < 4.78 is 0. The zero-order chi connectivity index (χ0) is 21.1. The second-order valence-electron chi connectivity index (χ2n) is 9.74. The number of nitrogens with one attached hydrogen (secondary N) is 1. The fourth-order valence-electron chi connectivity index (χ4n) is 6.02. The van der Waals surface area contributed by atoms with Gasteiger partial charge in [-0.15, -0.1) is 0 Å². The van der Waals surface area contributed by atoms with Crippen LogP contribution < -0.4 is 5.32 Å². The highest BCUT2D eigenvalue weighted by atomic mass is 16.2. The van der Waals surface area contributed by atoms with Crippen LogP contribution in [0.3, 0.4) is 0 Å². The standard InChI is InChI=1S/C25H37N3O2/c1-19(29)26-24-7-11-25(23-6-4-3-5-22(23)24)12-17-27(18-13-25)14-8-21-9-15-28(16-10-21)20(2)30/h3-6,21,24H,7-18H2,1-2H3,(H,26,29)/t24-/m0/s1. The molecule has 0 unspecified atom stereocenters. The van der Waals surface area contributed by atoms with E-state index in [1.165, 1.54) is 56.4 Å². The van der Waals surface area contributed by atoms with E-state index in [-0.39, 0.29) is 23.3 Å². The molecule has 3 aliphatic rings. The summed E-state index contributed by atoms with van der Waals surface area (Å²) in [5.41, 5.74) is 3.10. The van der Waals surface area contributed by atoms with E-state index in [1.54, 1.807) is 13.8 Å². The molecule has 1 aliphatic carbocycles. The van der Waals surface area contributed by atoms with Gasteiger partial charge in [0.05, 0.1) is 6.04 Å². The molecule has 5 nitrogen and oxygen atoms in total. The lowest BCUT2D eigenvalue weighted by Gasteiger charge is -2.47. The first-order valence-electron chi connectivity index (χ1n) is 11.8. The Balaban J connectivity index is 1.32. The number of amides is 2. The molecule has 4 rings (SSSR count). The van der Waals surface area contributed by atoms with Gasteiger partial charge in [0.2, 0.25) is 11.8 Å². The van der Waals surface area contributed by atoms with E-state index in [9.17, 15) is 9.59 Å². The summed E-state index contributed by atoms with van der Waals surface area (Å²) in [6, 6.07) is 8.97. The maximum atomic E-state index is 11.6. The highest BCUT2D eigenvalue weighted by Crippen LogP contribution is 2.47. The summed E-state index contributed by atoms with van der Waals surface area (Å²) in [4.78, 5) is 27.8. The van der Waals surface area contributed by atoms with Crippen molar-refractivity contribution in [2.45, 2.75) is 70.3 Å². The van der Waals surface area contributed by atoms with Gasteiger partial charge >= 0.3 is 0 Å². The predicted molar refractivity (Wildman–Crippen MR) is 119 cm³/mol. The minimum absolute atomic E-state index is 0.0645. The van der Waals surface area contributed by atoms with E-state index < -0.39 is 0 Å². The van der Waals surface area contributed by atoms with Gasteiger partial charge in [0.15, 0.2) is 0 Å². The molecular formula is C25H37N3O2. The van der Waals surface area contributed by atoms with Crippen molar-refractivity contribution in [2.75, 3.05) is 32.7 Å². The second-order valence-corrected chi connectivity index (χ2v) is 9.74. The van der Waals surface area contributed by atoms with Crippen molar-refractivity contribution in [3.63, 3.8) is 0 Å². The largest absolute Gasteiger partial charge is 0.350 e. The molecule has 1 aromatic carbocycles. The molecule has 2 heterocycles. The Labute approximate surface area is 181 Å². The van der Waals surface area contributed by atoms with Crippen LogP contribution in [-0.2, 0) is 15.0 Å². The average molecular weight is 412 g/mol. The van der Waals surface area contributed by atoms with Gasteiger partial charge in [-0.1, -0.05) is 24.3 Å². The zero-order valence-electron chi connectivity index (χ0n) is 18.7. The van der Waals surface area contributed by atoms with Crippen LogP contribution >= 0.6 is 0 Å². The number of carbonyl (C=O) groups excluding carboxylic acids is 2. The Bertz CT molecular complexity index is 761. The highest BCUT2D eigenvalue weighted by Gasteiger charge is 2.41. The summed E-state index contributed by atoms with van der Waals surface area (Å²) in [5.74, 6) is 1.06. The molecule has 164 valence electrons. The van der Waals surface area contributed by atoms with Crippen LogP contribution in [0.5, 0.6) is 0 Å². The molecule has 2 amide bonds. The molecule has 1 spiro atoms. The Morgan fingerprint density at radius 1 is 1.00 bits per heavy atom. The van der Waals surface area contributed by atoms with E-state index in [0.717, 1.165) is 38.3 Å². The summed E-state index contributed by atoms with van der Waals surface area (Å²) in [7, 11) is 0. The summed E-state index contributed by atoms with van der Waals surface area (Å²) in [5, 5.41) is 3.16. The molecule has 2 fully saturated rings. The van der Waals surface area contributed by atoms with Crippen molar-refractivity contribution in [3.05, 3.63) is 35.4 Å². The van der Waals surface area contributed by atoms with Gasteiger partial charge in [-0.2, -0.15) is 0 Å². The number of rotatable bonds is 4. The number of fused-ring (bicyclic) bond motifs is 2. The number of hydrogen-bond donors (Lipinski definition) is 1. The molecule has 5 heteroatoms. The molecule has 0 bridgehead atoms. The van der Waals surface area contributed by atoms with Crippen LogP contribution in [0.25, 0.3) is 0 Å². The minimum atomic E-state index is 0.0645. The first-order valence-corrected chi connectivity index (χ1v) is 11.8. The van der Waals surface area contributed by atoms with Crippen LogP contribution in [0.1, 0.15) is 76.0 Å². The Kier molecular flexibility index (Phi) is 6.47. The van der Waals surface area contributed by atoms with Crippen molar-refractivity contribution in [3.8, 4) is 0 Å². The summed E-state index contributed by atoms with van der Waals surface area (Å²) in [6.07, 6.45) is 8.25. The number of piperidine rings is 2. The smallest absolute Gasteiger partial charge is 0.219 e. The van der Waals surface area contributed by atoms with E-state index in [4.69, 9.17) is 0 Å². The Morgan fingerprint density at radius 3 is 2.37 bits per heavy atom. The molecule has 1 atom stereocenters. The summed E-state index contributed by atoms with van der Waals surface area (Å²) >= 11 is 0. The van der Waals surface area contributed by atoms with E-state index in [1.807, 2.05) is 4.90 Å². The minimum Gasteiger partial charge on any atom is -0.350 e. The molecule has 1 aromatic rings. The second kappa shape index (κ2) is 9.09. The molecule has 0 aromatic heterocycles. The van der Waals surface area contributed by atoms with Gasteiger partial charge in [0.1, 0.15) is 0 Å². The van der Waals surface area contributed by atoms with Crippen molar-refractivity contribution in [2.24, 2.45) is 5.92 Å². The van der Waals surface area contributed by atoms with Gasteiger partial charge < -0.3 is 15.1 Å². The zero-order valence-corrected chi connectivity index (χ0v) is 18.7. The average Bonchev–Trinajstić information content (AvgIpc) is 2.76. The topological polar surface area (TPSA) is 52.7 Å². The van der Waals surface area contributed by atoms with Crippen molar-refractivity contribution >= 4 is 11.8 Å². The van der Waals surface area contributed by atoms with Crippen LogP contribution in [0.4, 0.5) is 0 Å². The Morgan fingerprint density at radius 2 is 1.70 bits per heavy atom. The number of carbonyl (C=O) groups is 2. The maximum absolute atomic E-state index is 11.6. The third kappa shape index (κ3) is 4.56. The normalized spacial score (nSPS) is 24.5. The quantitative estimate of drug-likeness (QED) is 0.823. The van der Waals surface area contributed by atoms with Crippen molar-refractivity contribution < 1.29 is 9.59 Å². The number of nitrogens with zero attached hydrogens (tertiary/aromatic N) is 2. The lowest BCUT2D eigenvalue weighted by molar-refractivity contribution is -0.130. The lowest BCUT2D eigenvalue weighted by Crippen LogP contribution is -2.46. The predicted octanol–water partition coefficient (Wildman–Crippen LogP) is 3.64. The third-order valence-corrected chi connectivity index (χ3v) is 7.92. The highest BCUT2D eigenvalue weighted by molar-refractivity contribution is 5.73. The van der Waals surface area contributed by atoms with Gasteiger partial charge in [0, 0.05) is 26.9 Å². The van der Waals surface area contributed by atoms with Gasteiger partial charge in [-0.3, -0.25) is 9.59 Å². The first-order chi connectivity index (χ1) is 14.5. The van der Waals surface area contributed by atoms with Crippen molar-refractivity contribution in [1.29, 1.82) is 0 Å². The molecule has 0 saturated carbocycles. The number of likely N-dealkylation sites (tertiary alicyclic amines) is 2. The fraction of sp³-hybridized carbons (Fsp3) is 0.680. The molecule has 30 heavy (non-hydrogen) atoms. The molecule has 2 aliphatic heterocycles. The SMILES string of the molecule is CC(=O)N[C@H]1CCC2(CCN(CCC3CCN(C(C)=O)CC3)CC2)c2ccccc21. The van der Waals surface area contributed by atoms with Gasteiger partial charge in [0.25, 0.3) is 0 Å². The molecule has 0 radical (unpaired) electrons. The van der Waals surface area contributed by atoms with E-state index >= 15 is 0 Å². The number of hydrogen-bond acceptors (Lipinski definition) is 3. The van der Waals surface area contributed by atoms with Crippen LogP contribution in [0.15, 0.2) is 24.3 Å². The lowest BCUT2D eigenvalue weighted by atomic mass is 9.63. The maximum Gasteiger partial charge on any atom is 0.219 e. The van der Waals surface area contributed by atoms with Crippen LogP contribution in [-0.4, -0.2) is 54.3 Å². The van der Waals surface area contributed by atoms with Crippen molar-refractivity contribution in [1.82, 2.24) is 15.1 Å². The monoisotopic (exact) mass is 411 g/mol. The van der Waals surface area contributed by atoms with E-state index in [0.29, 0.717) is 0 Å². The summed E-state index contributed by atoms with van der Waals surface area (Å²) in [6.45, 7) is 8.72. The van der Waals surface area contributed by atoms with E-state index in [2.05, 4.69) is 34.5 Å². The number of benzene rings is 1. The fourth-order valence-corrected chi connectivity index (χ4v) is 6.02.